The van der Waals surface area contributed by atoms with Crippen molar-refractivity contribution >= 4 is 13.6 Å². The van der Waals surface area contributed by atoms with Gasteiger partial charge in [0.1, 0.15) is 0 Å². The molecule has 2 heteroatoms. The molecule has 0 amide bonds. The summed E-state index contributed by atoms with van der Waals surface area (Å²) in [4.78, 5) is 4.12. The molecule has 2 radical (unpaired) electrons. The van der Waals surface area contributed by atoms with Crippen LogP contribution in [0.3, 0.4) is 0 Å². The minimum absolute atomic E-state index is 0.120. The predicted octanol–water partition coefficient (Wildman–Crippen LogP) is 1.44. The Morgan fingerprint density at radius 3 is 2.38 bits per heavy atom. The van der Waals surface area contributed by atoms with Gasteiger partial charge < -0.3 is 0 Å². The lowest BCUT2D eigenvalue weighted by Gasteiger charge is -2.01. The van der Waals surface area contributed by atoms with E-state index in [9.17, 15) is 0 Å². The van der Waals surface area contributed by atoms with Crippen LogP contribution in [0, 0.1) is 0 Å². The van der Waals surface area contributed by atoms with Gasteiger partial charge in [0.15, 0.2) is 0 Å². The van der Waals surface area contributed by atoms with Crippen LogP contribution in [0.2, 0.25) is 5.82 Å². The summed E-state index contributed by atoms with van der Waals surface area (Å²) in [7, 11) is 5.49. The second-order valence-corrected chi connectivity index (χ2v) is 1.90. The summed E-state index contributed by atoms with van der Waals surface area (Å²) in [5.74, 6) is 0.120. The van der Waals surface area contributed by atoms with Gasteiger partial charge in [0, 0.05) is 12.3 Å². The number of hydrogen-bond acceptors (Lipinski definition) is 1. The van der Waals surface area contributed by atoms with E-state index < -0.39 is 0 Å². The minimum atomic E-state index is 0.120. The van der Waals surface area contributed by atoms with Crippen molar-refractivity contribution in [3.05, 3.63) is 0 Å². The molecule has 0 spiro atoms. The highest BCUT2D eigenvalue weighted by Crippen LogP contribution is 1.97. The van der Waals surface area contributed by atoms with Crippen LogP contribution in [0.1, 0.15) is 20.8 Å². The molecule has 0 aliphatic heterocycles. The second-order valence-electron chi connectivity index (χ2n) is 1.90. The lowest BCUT2D eigenvalue weighted by Crippen LogP contribution is -1.99. The Labute approximate surface area is 52.6 Å². The van der Waals surface area contributed by atoms with Gasteiger partial charge in [-0.1, -0.05) is 6.92 Å². The normalized spacial score (nSPS) is 16.1. The first-order valence-electron chi connectivity index (χ1n) is 2.95. The molecule has 0 aliphatic rings. The average molecular weight is 109 g/mol. The Morgan fingerprint density at radius 2 is 2.25 bits per heavy atom. The van der Waals surface area contributed by atoms with Crippen molar-refractivity contribution in [2.45, 2.75) is 26.6 Å². The van der Waals surface area contributed by atoms with Crippen molar-refractivity contribution in [2.24, 2.45) is 4.99 Å². The van der Waals surface area contributed by atoms with Gasteiger partial charge in [-0.15, -0.1) is 0 Å². The summed E-state index contributed by atoms with van der Waals surface area (Å²) in [6.45, 7) is 6.74. The van der Waals surface area contributed by atoms with E-state index in [1.807, 2.05) is 20.8 Å². The van der Waals surface area contributed by atoms with Gasteiger partial charge in [-0.2, -0.15) is 0 Å². The molecule has 0 aromatic heterocycles. The third-order valence-corrected chi connectivity index (χ3v) is 1.07. The molecule has 0 aromatic rings. The number of aliphatic imine (C=N–C) groups is 1. The highest BCUT2D eigenvalue weighted by molar-refractivity contribution is 6.24. The van der Waals surface area contributed by atoms with Crippen LogP contribution in [-0.2, 0) is 0 Å². The zero-order valence-electron chi connectivity index (χ0n) is 5.81. The Balaban J connectivity index is 3.61. The molecule has 0 aliphatic carbocycles. The largest absolute Gasteiger partial charge is 0.295 e. The highest BCUT2D eigenvalue weighted by Gasteiger charge is 1.93. The fourth-order valence-electron chi connectivity index (χ4n) is 0.393. The Morgan fingerprint density at radius 1 is 1.75 bits per heavy atom. The topological polar surface area (TPSA) is 12.4 Å². The smallest absolute Gasteiger partial charge is 0.0776 e. The molecule has 0 bridgehead atoms. The SMILES string of the molecule is [B]C(C)C(C)=NCC. The molecule has 0 heterocycles. The van der Waals surface area contributed by atoms with Crippen molar-refractivity contribution in [1.29, 1.82) is 0 Å². The molecule has 44 valence electrons. The van der Waals surface area contributed by atoms with Crippen LogP contribution >= 0.6 is 0 Å². The van der Waals surface area contributed by atoms with Crippen LogP contribution in [0.5, 0.6) is 0 Å². The molecule has 0 saturated heterocycles. The van der Waals surface area contributed by atoms with Gasteiger partial charge in [-0.25, -0.2) is 0 Å². The van der Waals surface area contributed by atoms with Crippen molar-refractivity contribution in [2.75, 3.05) is 6.54 Å². The van der Waals surface area contributed by atoms with Crippen LogP contribution in [0.15, 0.2) is 4.99 Å². The summed E-state index contributed by atoms with van der Waals surface area (Å²) < 4.78 is 0. The van der Waals surface area contributed by atoms with E-state index in [0.717, 1.165) is 12.3 Å². The second kappa shape index (κ2) is 3.70. The van der Waals surface area contributed by atoms with Crippen LogP contribution in [0.25, 0.3) is 0 Å². The van der Waals surface area contributed by atoms with Gasteiger partial charge in [0.25, 0.3) is 0 Å². The molecule has 1 atom stereocenters. The molecule has 0 saturated carbocycles. The van der Waals surface area contributed by atoms with Crippen LogP contribution in [-0.4, -0.2) is 20.1 Å². The lowest BCUT2D eigenvalue weighted by atomic mass is 9.86. The highest BCUT2D eigenvalue weighted by atomic mass is 14.7. The molecule has 1 unspecified atom stereocenters. The molecular weight excluding hydrogens is 96.9 g/mol. The summed E-state index contributed by atoms with van der Waals surface area (Å²) in [5, 5.41) is 0. The van der Waals surface area contributed by atoms with E-state index in [1.165, 1.54) is 0 Å². The molecule has 1 nitrogen and oxygen atoms in total. The number of rotatable bonds is 2. The van der Waals surface area contributed by atoms with Crippen LogP contribution < -0.4 is 0 Å². The standard InChI is InChI=1S/C6H12BN/c1-4-8-6(3)5(2)7/h5H,4H2,1-3H3. The molecular formula is C6H12BN. The first-order valence-corrected chi connectivity index (χ1v) is 2.95. The van der Waals surface area contributed by atoms with E-state index in [1.54, 1.807) is 0 Å². The molecule has 0 rings (SSSR count). The molecule has 0 N–H and O–H groups in total. The third-order valence-electron chi connectivity index (χ3n) is 1.07. The zero-order valence-corrected chi connectivity index (χ0v) is 5.81. The van der Waals surface area contributed by atoms with Gasteiger partial charge in [-0.3, -0.25) is 4.99 Å². The van der Waals surface area contributed by atoms with Crippen molar-refractivity contribution < 1.29 is 0 Å². The summed E-state index contributed by atoms with van der Waals surface area (Å²) in [5.41, 5.74) is 1.03. The van der Waals surface area contributed by atoms with E-state index in [2.05, 4.69) is 4.99 Å². The fraction of sp³-hybridized carbons (Fsp3) is 0.833. The number of hydrogen-bond donors (Lipinski definition) is 0. The van der Waals surface area contributed by atoms with E-state index in [4.69, 9.17) is 7.85 Å². The summed E-state index contributed by atoms with van der Waals surface area (Å²) >= 11 is 0. The average Bonchev–Trinajstić information content (AvgIpc) is 1.67. The van der Waals surface area contributed by atoms with Gasteiger partial charge in [-0.05, 0) is 19.7 Å². The first kappa shape index (κ1) is 7.73. The van der Waals surface area contributed by atoms with Crippen molar-refractivity contribution in [3.63, 3.8) is 0 Å². The Hall–Kier alpha value is -0.265. The Kier molecular flexibility index (Phi) is 3.58. The minimum Gasteiger partial charge on any atom is -0.295 e. The maximum Gasteiger partial charge on any atom is 0.0776 e. The van der Waals surface area contributed by atoms with Crippen molar-refractivity contribution in [3.8, 4) is 0 Å². The maximum atomic E-state index is 5.49. The predicted molar refractivity (Wildman–Crippen MR) is 38.8 cm³/mol. The third kappa shape index (κ3) is 2.83. The van der Waals surface area contributed by atoms with E-state index in [-0.39, 0.29) is 5.82 Å². The molecule has 0 fully saturated rings. The molecule has 0 aromatic carbocycles. The summed E-state index contributed by atoms with van der Waals surface area (Å²) in [6.07, 6.45) is 0. The van der Waals surface area contributed by atoms with E-state index in [0.29, 0.717) is 0 Å². The maximum absolute atomic E-state index is 5.49. The lowest BCUT2D eigenvalue weighted by molar-refractivity contribution is 1.09. The number of nitrogens with zero attached hydrogens (tertiary/aromatic N) is 1. The van der Waals surface area contributed by atoms with E-state index >= 15 is 0 Å². The van der Waals surface area contributed by atoms with Gasteiger partial charge in [0.05, 0.1) is 7.85 Å². The van der Waals surface area contributed by atoms with Crippen LogP contribution in [0.4, 0.5) is 0 Å². The first-order chi connectivity index (χ1) is 3.68. The Bertz CT molecular complexity index is 86.5. The monoisotopic (exact) mass is 109 g/mol. The quantitative estimate of drug-likeness (QED) is 0.375. The van der Waals surface area contributed by atoms with Crippen molar-refractivity contribution in [1.82, 2.24) is 0 Å². The molecule has 8 heavy (non-hydrogen) atoms. The van der Waals surface area contributed by atoms with Gasteiger partial charge in [0.2, 0.25) is 0 Å². The summed E-state index contributed by atoms with van der Waals surface area (Å²) in [6, 6.07) is 0. The van der Waals surface area contributed by atoms with Gasteiger partial charge >= 0.3 is 0 Å². The fourth-order valence-corrected chi connectivity index (χ4v) is 0.393. The zero-order chi connectivity index (χ0) is 6.57.